The number of hydrogen-bond donors (Lipinski definition) is 1. The molecule has 2 rings (SSSR count). The van der Waals surface area contributed by atoms with Gasteiger partial charge in [-0.3, -0.25) is 4.98 Å². The molecule has 0 aromatic carbocycles. The molecule has 0 atom stereocenters. The number of rotatable bonds is 1. The lowest BCUT2D eigenvalue weighted by Crippen LogP contribution is -2.23. The molecule has 1 aliphatic heterocycles. The van der Waals surface area contributed by atoms with Crippen molar-refractivity contribution in [3.05, 3.63) is 47.2 Å². The summed E-state index contributed by atoms with van der Waals surface area (Å²) in [6.45, 7) is 0. The van der Waals surface area contributed by atoms with Crippen molar-refractivity contribution in [2.24, 2.45) is 4.99 Å². The van der Waals surface area contributed by atoms with Gasteiger partial charge in [0, 0.05) is 6.20 Å². The van der Waals surface area contributed by atoms with Crippen LogP contribution in [0, 0.1) is 34.0 Å². The predicted octanol–water partition coefficient (Wildman–Crippen LogP) is 2.24. The molecule has 0 unspecified atom stereocenters. The lowest BCUT2D eigenvalue weighted by Gasteiger charge is -2.15. The van der Waals surface area contributed by atoms with Crippen LogP contribution in [0.1, 0.15) is 5.69 Å². The van der Waals surface area contributed by atoms with E-state index < -0.39 is 0 Å². The summed E-state index contributed by atoms with van der Waals surface area (Å²) in [5, 5.41) is 29.7. The lowest BCUT2D eigenvalue weighted by atomic mass is 10.1. The van der Waals surface area contributed by atoms with Gasteiger partial charge in [0.25, 0.3) is 0 Å². The molecular formula is C13H6Cl2N6. The Morgan fingerprint density at radius 2 is 1.95 bits per heavy atom. The average molecular weight is 317 g/mol. The van der Waals surface area contributed by atoms with Gasteiger partial charge in [-0.15, -0.1) is 12.4 Å². The molecule has 0 saturated carbocycles. The van der Waals surface area contributed by atoms with Crippen LogP contribution < -0.4 is 5.32 Å². The maximum Gasteiger partial charge on any atom is 0.176 e. The largest absolute Gasteiger partial charge is 0.341 e. The van der Waals surface area contributed by atoms with Crippen molar-refractivity contribution in [2.45, 2.75) is 0 Å². The molecule has 0 radical (unpaired) electrons. The lowest BCUT2D eigenvalue weighted by molar-refractivity contribution is 1.02. The highest BCUT2D eigenvalue weighted by Gasteiger charge is 2.22. The van der Waals surface area contributed by atoms with Gasteiger partial charge in [0.15, 0.2) is 16.6 Å². The van der Waals surface area contributed by atoms with Gasteiger partial charge in [0.2, 0.25) is 0 Å². The molecule has 1 N–H and O–H groups in total. The molecule has 0 aliphatic carbocycles. The van der Waals surface area contributed by atoms with Crippen molar-refractivity contribution in [1.29, 1.82) is 15.8 Å². The van der Waals surface area contributed by atoms with Gasteiger partial charge < -0.3 is 5.32 Å². The Bertz CT molecular complexity index is 772. The van der Waals surface area contributed by atoms with Gasteiger partial charge in [0.1, 0.15) is 23.8 Å². The van der Waals surface area contributed by atoms with E-state index in [-0.39, 0.29) is 40.2 Å². The standard InChI is InChI=1S/C13H5ClN6.ClH/c14-13-12(19-10(6-16)11(7-17)20-13)8(5-15)9-3-1-2-4-18-9;/h1-4,19H;1H. The summed E-state index contributed by atoms with van der Waals surface area (Å²) in [5.74, 6) is 0. The van der Waals surface area contributed by atoms with Crippen molar-refractivity contribution in [3.8, 4) is 18.2 Å². The second-order valence-corrected chi connectivity index (χ2v) is 3.91. The van der Waals surface area contributed by atoms with E-state index >= 15 is 0 Å². The third-order valence-electron chi connectivity index (χ3n) is 2.40. The number of nitrogens with one attached hydrogen (secondary N) is 1. The molecule has 0 amide bonds. The van der Waals surface area contributed by atoms with E-state index in [4.69, 9.17) is 22.1 Å². The summed E-state index contributed by atoms with van der Waals surface area (Å²) < 4.78 is 0. The number of pyridine rings is 1. The molecule has 1 aliphatic rings. The molecule has 0 saturated heterocycles. The highest BCUT2D eigenvalue weighted by molar-refractivity contribution is 6.70. The van der Waals surface area contributed by atoms with Gasteiger partial charge >= 0.3 is 0 Å². The molecule has 8 heteroatoms. The van der Waals surface area contributed by atoms with E-state index in [2.05, 4.69) is 15.3 Å². The normalized spacial score (nSPS) is 15.4. The van der Waals surface area contributed by atoms with Crippen molar-refractivity contribution in [3.63, 3.8) is 0 Å². The van der Waals surface area contributed by atoms with E-state index in [0.717, 1.165) is 0 Å². The molecule has 21 heavy (non-hydrogen) atoms. The smallest absolute Gasteiger partial charge is 0.176 e. The van der Waals surface area contributed by atoms with Gasteiger partial charge in [0.05, 0.1) is 11.4 Å². The van der Waals surface area contributed by atoms with Crippen LogP contribution in [0.15, 0.2) is 46.5 Å². The van der Waals surface area contributed by atoms with Crippen LogP contribution in [0.5, 0.6) is 0 Å². The summed E-state index contributed by atoms with van der Waals surface area (Å²) in [7, 11) is 0. The first-order valence-electron chi connectivity index (χ1n) is 5.33. The predicted molar refractivity (Wildman–Crippen MR) is 78.7 cm³/mol. The van der Waals surface area contributed by atoms with E-state index in [1.807, 2.05) is 6.07 Å². The van der Waals surface area contributed by atoms with Gasteiger partial charge in [-0.05, 0) is 12.1 Å². The third-order valence-corrected chi connectivity index (χ3v) is 2.68. The first kappa shape index (κ1) is 16.2. The Balaban J connectivity index is 0.00000220. The summed E-state index contributed by atoms with van der Waals surface area (Å²) in [6.07, 6.45) is 1.53. The summed E-state index contributed by atoms with van der Waals surface area (Å²) in [4.78, 5) is 7.86. The summed E-state index contributed by atoms with van der Waals surface area (Å²) >= 11 is 5.96. The Kier molecular flexibility index (Phi) is 5.46. The first-order chi connectivity index (χ1) is 9.71. The topological polar surface area (TPSA) is 109 Å². The van der Waals surface area contributed by atoms with E-state index in [1.165, 1.54) is 6.20 Å². The average Bonchev–Trinajstić information content (AvgIpc) is 2.50. The maximum absolute atomic E-state index is 9.27. The highest BCUT2D eigenvalue weighted by Crippen LogP contribution is 2.22. The minimum absolute atomic E-state index is 0. The van der Waals surface area contributed by atoms with Crippen LogP contribution >= 0.6 is 24.0 Å². The Labute approximate surface area is 131 Å². The van der Waals surface area contributed by atoms with E-state index in [1.54, 1.807) is 30.3 Å². The number of halogens is 2. The minimum Gasteiger partial charge on any atom is -0.341 e. The fourth-order valence-corrected chi connectivity index (χ4v) is 1.75. The van der Waals surface area contributed by atoms with E-state index in [9.17, 15) is 5.26 Å². The van der Waals surface area contributed by atoms with Crippen LogP contribution in [0.4, 0.5) is 0 Å². The third kappa shape index (κ3) is 3.19. The summed E-state index contributed by atoms with van der Waals surface area (Å²) in [6, 6.07) is 10.6. The Morgan fingerprint density at radius 3 is 2.48 bits per heavy atom. The number of aliphatic imine (C=N–C) groups is 1. The molecule has 1 aromatic heterocycles. The molecule has 1 aromatic rings. The molecule has 0 fully saturated rings. The quantitative estimate of drug-likeness (QED) is 0.799. The van der Waals surface area contributed by atoms with E-state index in [0.29, 0.717) is 5.69 Å². The van der Waals surface area contributed by atoms with Gasteiger partial charge in [-0.1, -0.05) is 17.7 Å². The molecular weight excluding hydrogens is 311 g/mol. The highest BCUT2D eigenvalue weighted by atomic mass is 35.5. The number of hydrogen-bond acceptors (Lipinski definition) is 6. The summed E-state index contributed by atoms with van der Waals surface area (Å²) in [5.41, 5.74) is 0.506. The molecule has 0 spiro atoms. The van der Waals surface area contributed by atoms with Crippen molar-refractivity contribution in [2.75, 3.05) is 0 Å². The van der Waals surface area contributed by atoms with Crippen LogP contribution in [0.2, 0.25) is 0 Å². The number of allylic oxidation sites excluding steroid dienone is 4. The molecule has 0 bridgehead atoms. The van der Waals surface area contributed by atoms with Gasteiger partial charge in [-0.25, -0.2) is 4.99 Å². The zero-order chi connectivity index (χ0) is 14.5. The monoisotopic (exact) mass is 316 g/mol. The van der Waals surface area contributed by atoms with Crippen LogP contribution in [-0.4, -0.2) is 10.2 Å². The van der Waals surface area contributed by atoms with Crippen LogP contribution in [0.25, 0.3) is 5.57 Å². The number of nitriles is 3. The number of aromatic nitrogens is 1. The molecule has 6 nitrogen and oxygen atoms in total. The van der Waals surface area contributed by atoms with Crippen LogP contribution in [0.3, 0.4) is 0 Å². The van der Waals surface area contributed by atoms with Crippen molar-refractivity contribution >= 4 is 34.8 Å². The minimum atomic E-state index is -0.125. The zero-order valence-electron chi connectivity index (χ0n) is 10.3. The van der Waals surface area contributed by atoms with Gasteiger partial charge in [-0.2, -0.15) is 15.8 Å². The fraction of sp³-hybridized carbons (Fsp3) is 0. The SMILES string of the molecule is Cl.N#CC1=C(C#N)NC(=C(C#N)c2ccccn2)C(Cl)=N1. The number of nitrogens with zero attached hydrogens (tertiary/aromatic N) is 5. The molecule has 102 valence electrons. The second kappa shape index (κ2) is 7.07. The second-order valence-electron chi connectivity index (χ2n) is 3.55. The Morgan fingerprint density at radius 1 is 1.19 bits per heavy atom. The zero-order valence-corrected chi connectivity index (χ0v) is 11.9. The van der Waals surface area contributed by atoms with Crippen molar-refractivity contribution in [1.82, 2.24) is 10.3 Å². The maximum atomic E-state index is 9.27. The first-order valence-corrected chi connectivity index (χ1v) is 5.71. The molecule has 2 heterocycles. The van der Waals surface area contributed by atoms with Crippen LogP contribution in [-0.2, 0) is 0 Å². The van der Waals surface area contributed by atoms with Crippen molar-refractivity contribution < 1.29 is 0 Å². The fourth-order valence-electron chi connectivity index (χ4n) is 1.53. The Hall–Kier alpha value is -2.85.